The minimum Gasteiger partial charge on any atom is -0.371 e. The van der Waals surface area contributed by atoms with Gasteiger partial charge < -0.3 is 10.6 Å². The second-order valence-corrected chi connectivity index (χ2v) is 6.66. The Kier molecular flexibility index (Phi) is 3.15. The Morgan fingerprint density at radius 1 is 1.28 bits per heavy atom. The summed E-state index contributed by atoms with van der Waals surface area (Å²) in [6, 6.07) is 7.11. The Bertz CT molecular complexity index is 446. The lowest BCUT2D eigenvalue weighted by molar-refractivity contribution is 0.556. The largest absolute Gasteiger partial charge is 0.371 e. The highest BCUT2D eigenvalue weighted by Gasteiger charge is 2.47. The molecular formula is C15H21BrN2. The number of nitrogens with two attached hydrogens (primary N) is 1. The zero-order valence-electron chi connectivity index (χ0n) is 11.0. The van der Waals surface area contributed by atoms with Crippen molar-refractivity contribution >= 4 is 21.6 Å². The maximum absolute atomic E-state index is 6.15. The Labute approximate surface area is 118 Å². The van der Waals surface area contributed by atoms with Crippen LogP contribution in [0.4, 0.5) is 5.69 Å². The Balaban J connectivity index is 1.89. The van der Waals surface area contributed by atoms with Gasteiger partial charge in [0, 0.05) is 29.0 Å². The molecule has 1 atom stereocenters. The molecule has 0 aromatic heterocycles. The first kappa shape index (κ1) is 12.5. The van der Waals surface area contributed by atoms with Crippen LogP contribution in [0.1, 0.15) is 38.2 Å². The van der Waals surface area contributed by atoms with Crippen LogP contribution < -0.4 is 10.6 Å². The fourth-order valence-electron chi connectivity index (χ4n) is 3.17. The second-order valence-electron chi connectivity index (χ2n) is 5.81. The average Bonchev–Trinajstić information content (AvgIpc) is 2.99. The molecule has 18 heavy (non-hydrogen) atoms. The van der Waals surface area contributed by atoms with Gasteiger partial charge in [0.1, 0.15) is 0 Å². The maximum Gasteiger partial charge on any atom is 0.0510 e. The molecule has 1 aliphatic heterocycles. The van der Waals surface area contributed by atoms with E-state index < -0.39 is 0 Å². The molecule has 3 heteroatoms. The number of benzene rings is 1. The molecule has 3 rings (SSSR count). The summed E-state index contributed by atoms with van der Waals surface area (Å²) < 4.78 is 1.23. The average molecular weight is 309 g/mol. The number of halogens is 1. The van der Waals surface area contributed by atoms with E-state index in [1.165, 1.54) is 54.5 Å². The highest BCUT2D eigenvalue weighted by molar-refractivity contribution is 9.10. The Hall–Kier alpha value is -0.540. The van der Waals surface area contributed by atoms with E-state index in [0.29, 0.717) is 0 Å². The molecule has 1 heterocycles. The SMILES string of the molecule is CC(N)C1(c2ccc(N3CCCC3)c(Br)c2)CC1. The van der Waals surface area contributed by atoms with Gasteiger partial charge in [-0.2, -0.15) is 0 Å². The predicted molar refractivity (Wildman–Crippen MR) is 80.2 cm³/mol. The van der Waals surface area contributed by atoms with Crippen molar-refractivity contribution < 1.29 is 0 Å². The van der Waals surface area contributed by atoms with Gasteiger partial charge in [0.05, 0.1) is 5.69 Å². The lowest BCUT2D eigenvalue weighted by Crippen LogP contribution is -2.31. The van der Waals surface area contributed by atoms with Crippen LogP contribution in [0.15, 0.2) is 22.7 Å². The summed E-state index contributed by atoms with van der Waals surface area (Å²) in [5, 5.41) is 0. The van der Waals surface area contributed by atoms with Crippen molar-refractivity contribution in [1.82, 2.24) is 0 Å². The summed E-state index contributed by atoms with van der Waals surface area (Å²) in [5.41, 5.74) is 9.16. The van der Waals surface area contributed by atoms with E-state index >= 15 is 0 Å². The summed E-state index contributed by atoms with van der Waals surface area (Å²) in [4.78, 5) is 2.47. The van der Waals surface area contributed by atoms with Gasteiger partial charge in [-0.1, -0.05) is 6.07 Å². The third kappa shape index (κ3) is 1.97. The third-order valence-electron chi connectivity index (χ3n) is 4.63. The molecule has 1 saturated carbocycles. The molecule has 0 spiro atoms. The van der Waals surface area contributed by atoms with E-state index in [0.717, 1.165) is 0 Å². The van der Waals surface area contributed by atoms with Gasteiger partial charge in [0.2, 0.25) is 0 Å². The van der Waals surface area contributed by atoms with Crippen molar-refractivity contribution in [3.05, 3.63) is 28.2 Å². The monoisotopic (exact) mass is 308 g/mol. The summed E-state index contributed by atoms with van der Waals surface area (Å²) in [6.07, 6.45) is 5.11. The van der Waals surface area contributed by atoms with E-state index in [9.17, 15) is 0 Å². The van der Waals surface area contributed by atoms with Crippen molar-refractivity contribution in [3.8, 4) is 0 Å². The molecule has 2 nitrogen and oxygen atoms in total. The zero-order valence-corrected chi connectivity index (χ0v) is 12.5. The van der Waals surface area contributed by atoms with Gasteiger partial charge in [0.15, 0.2) is 0 Å². The third-order valence-corrected chi connectivity index (χ3v) is 5.26. The van der Waals surface area contributed by atoms with Crippen LogP contribution in [0.5, 0.6) is 0 Å². The lowest BCUT2D eigenvalue weighted by atomic mass is 9.89. The number of nitrogens with zero attached hydrogens (tertiary/aromatic N) is 1. The minimum atomic E-state index is 0.252. The highest BCUT2D eigenvalue weighted by Crippen LogP contribution is 2.51. The molecular weight excluding hydrogens is 288 g/mol. The molecule has 1 unspecified atom stereocenters. The van der Waals surface area contributed by atoms with Gasteiger partial charge in [-0.05, 0) is 66.2 Å². The fourth-order valence-corrected chi connectivity index (χ4v) is 3.80. The molecule has 1 aromatic rings. The van der Waals surface area contributed by atoms with Crippen molar-refractivity contribution in [2.45, 2.75) is 44.1 Å². The van der Waals surface area contributed by atoms with Crippen LogP contribution >= 0.6 is 15.9 Å². The summed E-state index contributed by atoms with van der Waals surface area (Å²) >= 11 is 3.74. The summed E-state index contributed by atoms with van der Waals surface area (Å²) in [6.45, 7) is 4.52. The first-order valence-electron chi connectivity index (χ1n) is 6.94. The van der Waals surface area contributed by atoms with E-state index in [1.807, 2.05) is 0 Å². The molecule has 1 saturated heterocycles. The van der Waals surface area contributed by atoms with Crippen LogP contribution in [-0.2, 0) is 5.41 Å². The molecule has 1 aromatic carbocycles. The molecule has 2 aliphatic rings. The maximum atomic E-state index is 6.15. The number of hydrogen-bond acceptors (Lipinski definition) is 2. The van der Waals surface area contributed by atoms with Crippen molar-refractivity contribution in [3.63, 3.8) is 0 Å². The Morgan fingerprint density at radius 3 is 2.44 bits per heavy atom. The number of rotatable bonds is 3. The lowest BCUT2D eigenvalue weighted by Gasteiger charge is -2.24. The topological polar surface area (TPSA) is 29.3 Å². The summed E-state index contributed by atoms with van der Waals surface area (Å²) in [5.74, 6) is 0. The molecule has 0 amide bonds. The first-order chi connectivity index (χ1) is 8.63. The quantitative estimate of drug-likeness (QED) is 0.927. The fraction of sp³-hybridized carbons (Fsp3) is 0.600. The van der Waals surface area contributed by atoms with Gasteiger partial charge >= 0.3 is 0 Å². The van der Waals surface area contributed by atoms with Gasteiger partial charge in [-0.25, -0.2) is 0 Å². The van der Waals surface area contributed by atoms with Crippen molar-refractivity contribution in [1.29, 1.82) is 0 Å². The highest BCUT2D eigenvalue weighted by atomic mass is 79.9. The van der Waals surface area contributed by atoms with Gasteiger partial charge in [0.25, 0.3) is 0 Å². The molecule has 2 N–H and O–H groups in total. The number of hydrogen-bond donors (Lipinski definition) is 1. The molecule has 0 bridgehead atoms. The normalized spacial score (nSPS) is 23.2. The van der Waals surface area contributed by atoms with E-state index in [-0.39, 0.29) is 11.5 Å². The molecule has 2 fully saturated rings. The van der Waals surface area contributed by atoms with E-state index in [4.69, 9.17) is 5.73 Å². The van der Waals surface area contributed by atoms with Crippen LogP contribution in [0.2, 0.25) is 0 Å². The van der Waals surface area contributed by atoms with E-state index in [1.54, 1.807) is 0 Å². The van der Waals surface area contributed by atoms with Crippen LogP contribution in [0, 0.1) is 0 Å². The predicted octanol–water partition coefficient (Wildman–Crippen LogP) is 3.43. The van der Waals surface area contributed by atoms with Crippen LogP contribution in [0.25, 0.3) is 0 Å². The summed E-state index contributed by atoms with van der Waals surface area (Å²) in [7, 11) is 0. The Morgan fingerprint density at radius 2 is 1.94 bits per heavy atom. The molecule has 98 valence electrons. The molecule has 0 radical (unpaired) electrons. The van der Waals surface area contributed by atoms with Crippen LogP contribution in [0.3, 0.4) is 0 Å². The standard InChI is InChI=1S/C15H21BrN2/c1-11(17)15(6-7-15)12-4-5-14(13(16)10-12)18-8-2-3-9-18/h4-5,10-11H,2-3,6-9,17H2,1H3. The van der Waals surface area contributed by atoms with E-state index in [2.05, 4.69) is 46.0 Å². The van der Waals surface area contributed by atoms with Crippen molar-refractivity contribution in [2.75, 3.05) is 18.0 Å². The smallest absolute Gasteiger partial charge is 0.0510 e. The van der Waals surface area contributed by atoms with Crippen LogP contribution in [-0.4, -0.2) is 19.1 Å². The number of anilines is 1. The van der Waals surface area contributed by atoms with Crippen molar-refractivity contribution in [2.24, 2.45) is 5.73 Å². The second kappa shape index (κ2) is 4.53. The van der Waals surface area contributed by atoms with Gasteiger partial charge in [-0.3, -0.25) is 0 Å². The minimum absolute atomic E-state index is 0.252. The van der Waals surface area contributed by atoms with Gasteiger partial charge in [-0.15, -0.1) is 0 Å². The first-order valence-corrected chi connectivity index (χ1v) is 7.73. The molecule has 1 aliphatic carbocycles. The zero-order chi connectivity index (χ0) is 12.8.